The Morgan fingerprint density at radius 1 is 1.50 bits per heavy atom. The second-order valence-electron chi connectivity index (χ2n) is 3.82. The Labute approximate surface area is 116 Å². The van der Waals surface area contributed by atoms with Crippen LogP contribution >= 0.6 is 23.2 Å². The highest BCUT2D eigenvalue weighted by atomic mass is 35.5. The van der Waals surface area contributed by atoms with Crippen molar-refractivity contribution in [3.8, 4) is 6.07 Å². The van der Waals surface area contributed by atoms with E-state index in [1.165, 1.54) is 0 Å². The standard InChI is InChI=1S/C12H13Cl2N3O/c1-17(6-2-5-15)8-12(18)16-11-4-3-9(13)7-10(11)14/h3-4,7H,2,6,8H2,1H3,(H,16,18). The van der Waals surface area contributed by atoms with Gasteiger partial charge in [0, 0.05) is 18.0 Å². The molecule has 1 N–H and O–H groups in total. The Hall–Kier alpha value is -1.28. The molecule has 0 radical (unpaired) electrons. The third-order valence-electron chi connectivity index (χ3n) is 2.22. The number of rotatable bonds is 5. The van der Waals surface area contributed by atoms with Crippen LogP contribution in [0.2, 0.25) is 10.0 Å². The summed E-state index contributed by atoms with van der Waals surface area (Å²) in [7, 11) is 1.78. The van der Waals surface area contributed by atoms with Gasteiger partial charge in [-0.25, -0.2) is 0 Å². The van der Waals surface area contributed by atoms with Crippen LogP contribution in [0.4, 0.5) is 5.69 Å². The van der Waals surface area contributed by atoms with E-state index in [1.807, 2.05) is 6.07 Å². The SMILES string of the molecule is CN(CCC#N)CC(=O)Nc1ccc(Cl)cc1Cl. The number of amides is 1. The fourth-order valence-electron chi connectivity index (χ4n) is 1.35. The minimum Gasteiger partial charge on any atom is -0.324 e. The maximum absolute atomic E-state index is 11.7. The molecule has 0 saturated carbocycles. The maximum atomic E-state index is 11.7. The normalized spacial score (nSPS) is 10.2. The van der Waals surface area contributed by atoms with Crippen molar-refractivity contribution in [3.05, 3.63) is 28.2 Å². The van der Waals surface area contributed by atoms with Crippen molar-refractivity contribution in [1.29, 1.82) is 5.26 Å². The number of hydrogen-bond acceptors (Lipinski definition) is 3. The van der Waals surface area contributed by atoms with Gasteiger partial charge in [0.1, 0.15) is 0 Å². The molecular weight excluding hydrogens is 273 g/mol. The summed E-state index contributed by atoms with van der Waals surface area (Å²) in [5.41, 5.74) is 0.528. The number of nitriles is 1. The lowest BCUT2D eigenvalue weighted by molar-refractivity contribution is -0.117. The summed E-state index contributed by atoms with van der Waals surface area (Å²) in [6.07, 6.45) is 0.394. The molecule has 0 fully saturated rings. The quantitative estimate of drug-likeness (QED) is 0.905. The molecule has 6 heteroatoms. The molecular formula is C12H13Cl2N3O. The molecule has 1 amide bonds. The lowest BCUT2D eigenvalue weighted by atomic mass is 10.3. The van der Waals surface area contributed by atoms with Gasteiger partial charge in [-0.2, -0.15) is 5.26 Å². The van der Waals surface area contributed by atoms with E-state index in [1.54, 1.807) is 30.1 Å². The van der Waals surface area contributed by atoms with E-state index in [4.69, 9.17) is 28.5 Å². The van der Waals surface area contributed by atoms with Crippen LogP contribution in [-0.4, -0.2) is 30.9 Å². The zero-order valence-corrected chi connectivity index (χ0v) is 11.4. The Balaban J connectivity index is 2.52. The third kappa shape index (κ3) is 4.92. The number of halogens is 2. The van der Waals surface area contributed by atoms with Crippen LogP contribution in [-0.2, 0) is 4.79 Å². The van der Waals surface area contributed by atoms with Gasteiger partial charge >= 0.3 is 0 Å². The average Bonchev–Trinajstić information content (AvgIpc) is 2.30. The van der Waals surface area contributed by atoms with E-state index in [2.05, 4.69) is 5.32 Å². The van der Waals surface area contributed by atoms with Gasteiger partial charge in [0.05, 0.1) is 23.3 Å². The minimum atomic E-state index is -0.181. The monoisotopic (exact) mass is 285 g/mol. The number of nitrogens with zero attached hydrogens (tertiary/aromatic N) is 2. The summed E-state index contributed by atoms with van der Waals surface area (Å²) in [4.78, 5) is 13.5. The lowest BCUT2D eigenvalue weighted by Gasteiger charge is -2.14. The number of likely N-dealkylation sites (N-methyl/N-ethyl adjacent to an activating group) is 1. The van der Waals surface area contributed by atoms with Crippen LogP contribution in [0.5, 0.6) is 0 Å². The van der Waals surface area contributed by atoms with Gasteiger partial charge in [-0.1, -0.05) is 23.2 Å². The smallest absolute Gasteiger partial charge is 0.238 e. The predicted molar refractivity (Wildman–Crippen MR) is 72.8 cm³/mol. The fraction of sp³-hybridized carbons (Fsp3) is 0.333. The lowest BCUT2D eigenvalue weighted by Crippen LogP contribution is -2.30. The maximum Gasteiger partial charge on any atom is 0.238 e. The molecule has 0 saturated heterocycles. The summed E-state index contributed by atoms with van der Waals surface area (Å²) in [6.45, 7) is 0.763. The highest BCUT2D eigenvalue weighted by Crippen LogP contribution is 2.25. The summed E-state index contributed by atoms with van der Waals surface area (Å²) in [5, 5.41) is 12.0. The van der Waals surface area contributed by atoms with Crippen LogP contribution in [0.1, 0.15) is 6.42 Å². The molecule has 18 heavy (non-hydrogen) atoms. The topological polar surface area (TPSA) is 56.1 Å². The molecule has 0 aromatic heterocycles. The zero-order chi connectivity index (χ0) is 13.5. The molecule has 0 spiro atoms. The first kappa shape index (κ1) is 14.8. The van der Waals surface area contributed by atoms with E-state index in [0.717, 1.165) is 0 Å². The third-order valence-corrected chi connectivity index (χ3v) is 2.77. The van der Waals surface area contributed by atoms with Gasteiger partial charge < -0.3 is 5.32 Å². The second-order valence-corrected chi connectivity index (χ2v) is 4.66. The van der Waals surface area contributed by atoms with Crippen LogP contribution in [0.15, 0.2) is 18.2 Å². The van der Waals surface area contributed by atoms with E-state index in [0.29, 0.717) is 28.7 Å². The van der Waals surface area contributed by atoms with Crippen LogP contribution in [0.3, 0.4) is 0 Å². The second kappa shape index (κ2) is 7.22. The molecule has 1 aromatic carbocycles. The Bertz CT molecular complexity index is 471. The number of anilines is 1. The zero-order valence-electron chi connectivity index (χ0n) is 9.91. The van der Waals surface area contributed by atoms with E-state index in [9.17, 15) is 4.79 Å². The molecule has 0 aliphatic carbocycles. The molecule has 1 rings (SSSR count). The van der Waals surface area contributed by atoms with Gasteiger partial charge in [-0.3, -0.25) is 9.69 Å². The first-order chi connectivity index (χ1) is 8.52. The molecule has 4 nitrogen and oxygen atoms in total. The molecule has 0 aliphatic heterocycles. The molecule has 1 aromatic rings. The summed E-state index contributed by atoms with van der Waals surface area (Å²) >= 11 is 11.7. The molecule has 0 unspecified atom stereocenters. The van der Waals surface area contributed by atoms with Crippen molar-refractivity contribution < 1.29 is 4.79 Å². The van der Waals surface area contributed by atoms with Crippen molar-refractivity contribution in [2.75, 3.05) is 25.5 Å². The van der Waals surface area contributed by atoms with Crippen molar-refractivity contribution in [2.24, 2.45) is 0 Å². The van der Waals surface area contributed by atoms with Gasteiger partial charge in [0.25, 0.3) is 0 Å². The van der Waals surface area contributed by atoms with Crippen molar-refractivity contribution in [2.45, 2.75) is 6.42 Å². The highest BCUT2D eigenvalue weighted by Gasteiger charge is 2.08. The van der Waals surface area contributed by atoms with Gasteiger partial charge in [-0.15, -0.1) is 0 Å². The number of benzene rings is 1. The predicted octanol–water partition coefficient (Wildman–Crippen LogP) is 2.78. The fourth-order valence-corrected chi connectivity index (χ4v) is 1.80. The van der Waals surface area contributed by atoms with Crippen LogP contribution in [0, 0.1) is 11.3 Å². The van der Waals surface area contributed by atoms with Gasteiger partial charge in [0.2, 0.25) is 5.91 Å². The van der Waals surface area contributed by atoms with Gasteiger partial charge in [0.15, 0.2) is 0 Å². The van der Waals surface area contributed by atoms with Crippen molar-refractivity contribution >= 4 is 34.8 Å². The van der Waals surface area contributed by atoms with Crippen molar-refractivity contribution in [1.82, 2.24) is 4.90 Å². The first-order valence-electron chi connectivity index (χ1n) is 5.33. The number of hydrogen-bond donors (Lipinski definition) is 1. The molecule has 0 bridgehead atoms. The number of carbonyl (C=O) groups is 1. The van der Waals surface area contributed by atoms with E-state index >= 15 is 0 Å². The summed E-state index contributed by atoms with van der Waals surface area (Å²) in [5.74, 6) is -0.181. The highest BCUT2D eigenvalue weighted by molar-refractivity contribution is 6.36. The Morgan fingerprint density at radius 2 is 2.22 bits per heavy atom. The van der Waals surface area contributed by atoms with Gasteiger partial charge in [-0.05, 0) is 25.2 Å². The average molecular weight is 286 g/mol. The Morgan fingerprint density at radius 3 is 2.83 bits per heavy atom. The van der Waals surface area contributed by atoms with Crippen molar-refractivity contribution in [3.63, 3.8) is 0 Å². The van der Waals surface area contributed by atoms with Crippen LogP contribution in [0.25, 0.3) is 0 Å². The molecule has 0 heterocycles. The molecule has 0 aliphatic rings. The summed E-state index contributed by atoms with van der Waals surface area (Å²) in [6, 6.07) is 6.90. The molecule has 96 valence electrons. The Kier molecular flexibility index (Phi) is 5.93. The molecule has 0 atom stereocenters. The largest absolute Gasteiger partial charge is 0.324 e. The van der Waals surface area contributed by atoms with Crippen LogP contribution < -0.4 is 5.32 Å². The first-order valence-corrected chi connectivity index (χ1v) is 6.09. The van der Waals surface area contributed by atoms with E-state index < -0.39 is 0 Å². The summed E-state index contributed by atoms with van der Waals surface area (Å²) < 4.78 is 0. The number of nitrogens with one attached hydrogen (secondary N) is 1. The minimum absolute atomic E-state index is 0.181. The number of carbonyl (C=O) groups excluding carboxylic acids is 1. The van der Waals surface area contributed by atoms with E-state index in [-0.39, 0.29) is 12.5 Å².